The van der Waals surface area contributed by atoms with Gasteiger partial charge >= 0.3 is 0 Å². The van der Waals surface area contributed by atoms with Crippen LogP contribution < -0.4 is 10.9 Å². The van der Waals surface area contributed by atoms with Gasteiger partial charge in [0.15, 0.2) is 0 Å². The van der Waals surface area contributed by atoms with Gasteiger partial charge in [-0.3, -0.25) is 14.3 Å². The summed E-state index contributed by atoms with van der Waals surface area (Å²) in [6, 6.07) is 3.06. The molecule has 0 bridgehead atoms. The highest BCUT2D eigenvalue weighted by Crippen LogP contribution is 1.97. The molecule has 2 N–H and O–H groups in total. The van der Waals surface area contributed by atoms with Crippen LogP contribution in [-0.4, -0.2) is 25.7 Å². The Morgan fingerprint density at radius 2 is 2.28 bits per heavy atom. The molecule has 0 aliphatic carbocycles. The smallest absolute Gasteiger partial charge is 0.291 e. The van der Waals surface area contributed by atoms with Crippen molar-refractivity contribution in [2.45, 2.75) is 13.5 Å². The first kappa shape index (κ1) is 12.0. The second kappa shape index (κ2) is 4.82. The van der Waals surface area contributed by atoms with Crippen LogP contribution in [0.2, 0.25) is 0 Å². The van der Waals surface area contributed by atoms with Crippen LogP contribution in [0.3, 0.4) is 0 Å². The molecule has 0 saturated carbocycles. The van der Waals surface area contributed by atoms with E-state index in [0.717, 1.165) is 5.56 Å². The van der Waals surface area contributed by atoms with Crippen LogP contribution in [0.1, 0.15) is 22.0 Å². The number of rotatable bonds is 3. The predicted octanol–water partition coefficient (Wildman–Crippen LogP) is -0.258. The Labute approximate surface area is 103 Å². The van der Waals surface area contributed by atoms with Crippen molar-refractivity contribution >= 4 is 5.91 Å². The highest BCUT2D eigenvalue weighted by atomic mass is 16.2. The van der Waals surface area contributed by atoms with Gasteiger partial charge < -0.3 is 10.3 Å². The molecule has 2 aromatic rings. The Morgan fingerprint density at radius 1 is 1.50 bits per heavy atom. The van der Waals surface area contributed by atoms with Gasteiger partial charge in [0.25, 0.3) is 5.91 Å². The average Bonchev–Trinajstić information content (AvgIpc) is 2.69. The zero-order valence-electron chi connectivity index (χ0n) is 10.1. The van der Waals surface area contributed by atoms with Crippen molar-refractivity contribution < 1.29 is 4.79 Å². The Kier molecular flexibility index (Phi) is 3.22. The number of nitrogens with one attached hydrogen (secondary N) is 2. The summed E-state index contributed by atoms with van der Waals surface area (Å²) in [4.78, 5) is 29.1. The molecule has 2 heterocycles. The summed E-state index contributed by atoms with van der Waals surface area (Å²) in [5, 5.41) is 6.65. The number of carbonyl (C=O) groups is 1. The molecule has 0 atom stereocenters. The fourth-order valence-electron chi connectivity index (χ4n) is 1.37. The van der Waals surface area contributed by atoms with E-state index in [1.54, 1.807) is 26.2 Å². The lowest BCUT2D eigenvalue weighted by atomic mass is 10.3. The third-order valence-corrected chi connectivity index (χ3v) is 2.49. The molecule has 2 aromatic heterocycles. The average molecular weight is 247 g/mol. The third kappa shape index (κ3) is 2.62. The van der Waals surface area contributed by atoms with E-state index in [1.165, 1.54) is 10.7 Å². The summed E-state index contributed by atoms with van der Waals surface area (Å²) in [7, 11) is 1.72. The molecule has 0 aromatic carbocycles. The maximum absolute atomic E-state index is 11.7. The van der Waals surface area contributed by atoms with Crippen molar-refractivity contribution in [3.63, 3.8) is 0 Å². The second-order valence-electron chi connectivity index (χ2n) is 3.85. The number of carbonyl (C=O) groups excluding carboxylic acids is 1. The molecule has 0 spiro atoms. The summed E-state index contributed by atoms with van der Waals surface area (Å²) in [5.74, 6) is 0.466. The lowest BCUT2D eigenvalue weighted by Crippen LogP contribution is -2.24. The van der Waals surface area contributed by atoms with Gasteiger partial charge in [0.1, 0.15) is 5.82 Å². The number of aryl methyl sites for hydroxylation is 2. The molecule has 0 aliphatic heterocycles. The number of amides is 1. The van der Waals surface area contributed by atoms with E-state index in [0.29, 0.717) is 12.4 Å². The van der Waals surface area contributed by atoms with Crippen LogP contribution in [0.4, 0.5) is 0 Å². The molecule has 2 rings (SSSR count). The first-order chi connectivity index (χ1) is 8.56. The highest BCUT2D eigenvalue weighted by Gasteiger charge is 2.12. The van der Waals surface area contributed by atoms with E-state index >= 15 is 0 Å². The van der Waals surface area contributed by atoms with E-state index in [1.807, 2.05) is 0 Å². The molecule has 0 fully saturated rings. The Morgan fingerprint density at radius 3 is 2.83 bits per heavy atom. The van der Waals surface area contributed by atoms with Gasteiger partial charge in [0, 0.05) is 25.9 Å². The van der Waals surface area contributed by atoms with Gasteiger partial charge in [-0.2, -0.15) is 0 Å². The molecular formula is C11H13N5O2. The lowest BCUT2D eigenvalue weighted by molar-refractivity contribution is 0.0940. The Bertz CT molecular complexity index is 589. The number of nitrogens with zero attached hydrogens (tertiary/aromatic N) is 3. The van der Waals surface area contributed by atoms with E-state index < -0.39 is 0 Å². The number of hydrogen-bond donors (Lipinski definition) is 2. The van der Waals surface area contributed by atoms with Crippen LogP contribution in [0, 0.1) is 6.92 Å². The van der Waals surface area contributed by atoms with Crippen LogP contribution in [0.5, 0.6) is 0 Å². The van der Waals surface area contributed by atoms with Crippen molar-refractivity contribution in [1.82, 2.24) is 25.1 Å². The van der Waals surface area contributed by atoms with Crippen molar-refractivity contribution in [1.29, 1.82) is 0 Å². The van der Waals surface area contributed by atoms with Gasteiger partial charge in [-0.25, -0.2) is 4.98 Å². The van der Waals surface area contributed by atoms with Gasteiger partial charge in [-0.1, -0.05) is 6.07 Å². The highest BCUT2D eigenvalue weighted by molar-refractivity contribution is 5.90. The van der Waals surface area contributed by atoms with E-state index in [4.69, 9.17) is 0 Å². The zero-order chi connectivity index (χ0) is 13.1. The number of aromatic amines is 1. The van der Waals surface area contributed by atoms with Crippen molar-refractivity contribution in [2.24, 2.45) is 7.05 Å². The number of aromatic nitrogens is 4. The minimum atomic E-state index is -0.343. The summed E-state index contributed by atoms with van der Waals surface area (Å²) in [5.41, 5.74) is 0.627. The third-order valence-electron chi connectivity index (χ3n) is 2.49. The quantitative estimate of drug-likeness (QED) is 0.781. The fourth-order valence-corrected chi connectivity index (χ4v) is 1.37. The molecule has 0 saturated heterocycles. The number of H-pyrrole nitrogens is 1. The summed E-state index contributed by atoms with van der Waals surface area (Å²) in [6.45, 7) is 2.08. The van der Waals surface area contributed by atoms with Gasteiger partial charge in [0.05, 0.1) is 0 Å². The molecule has 94 valence electrons. The first-order valence-electron chi connectivity index (χ1n) is 5.40. The van der Waals surface area contributed by atoms with Crippen LogP contribution in [-0.2, 0) is 13.6 Å². The van der Waals surface area contributed by atoms with Gasteiger partial charge in [0.2, 0.25) is 11.4 Å². The topological polar surface area (TPSA) is 92.7 Å². The molecule has 7 heteroatoms. The van der Waals surface area contributed by atoms with Crippen molar-refractivity contribution in [3.8, 4) is 0 Å². The van der Waals surface area contributed by atoms with Crippen molar-refractivity contribution in [3.05, 3.63) is 45.9 Å². The first-order valence-corrected chi connectivity index (χ1v) is 5.40. The Balaban J connectivity index is 2.00. The normalized spacial score (nSPS) is 10.3. The summed E-state index contributed by atoms with van der Waals surface area (Å²) >= 11 is 0. The second-order valence-corrected chi connectivity index (χ2v) is 3.85. The Hall–Kier alpha value is -2.44. The van der Waals surface area contributed by atoms with E-state index in [2.05, 4.69) is 20.4 Å². The largest absolute Gasteiger partial charge is 0.345 e. The molecule has 1 amide bonds. The number of pyridine rings is 1. The molecule has 0 unspecified atom stereocenters. The van der Waals surface area contributed by atoms with Crippen LogP contribution in [0.25, 0.3) is 0 Å². The molecule has 7 nitrogen and oxygen atoms in total. The molecule has 0 aliphatic rings. The van der Waals surface area contributed by atoms with E-state index in [-0.39, 0.29) is 17.3 Å². The molecule has 18 heavy (non-hydrogen) atoms. The van der Waals surface area contributed by atoms with Crippen molar-refractivity contribution in [2.75, 3.05) is 0 Å². The zero-order valence-corrected chi connectivity index (χ0v) is 10.1. The minimum absolute atomic E-state index is 0.138. The summed E-state index contributed by atoms with van der Waals surface area (Å²) < 4.78 is 1.54. The molecule has 0 radical (unpaired) electrons. The van der Waals surface area contributed by atoms with E-state index in [9.17, 15) is 9.59 Å². The predicted molar refractivity (Wildman–Crippen MR) is 64.0 cm³/mol. The standard InChI is InChI=1S/C11H13N5O2/c1-7-14-10(15-16(7)2)11(18)13-6-8-3-4-9(17)12-5-8/h3-5H,6H2,1-2H3,(H,12,17)(H,13,18). The van der Waals surface area contributed by atoms with Gasteiger partial charge in [-0.15, -0.1) is 5.10 Å². The lowest BCUT2D eigenvalue weighted by Gasteiger charge is -2.01. The maximum Gasteiger partial charge on any atom is 0.291 e. The fraction of sp³-hybridized carbons (Fsp3) is 0.273. The maximum atomic E-state index is 11.7. The summed E-state index contributed by atoms with van der Waals surface area (Å²) in [6.07, 6.45) is 1.56. The molecular weight excluding hydrogens is 234 g/mol. The van der Waals surface area contributed by atoms with Gasteiger partial charge in [-0.05, 0) is 12.5 Å². The number of hydrogen-bond acceptors (Lipinski definition) is 4. The van der Waals surface area contributed by atoms with Crippen LogP contribution in [0.15, 0.2) is 23.1 Å². The monoisotopic (exact) mass is 247 g/mol. The SMILES string of the molecule is Cc1nc(C(=O)NCc2ccc(=O)[nH]c2)nn1C. The van der Waals surface area contributed by atoms with Crippen LogP contribution >= 0.6 is 0 Å². The minimum Gasteiger partial charge on any atom is -0.345 e.